The van der Waals surface area contributed by atoms with Gasteiger partial charge in [-0.3, -0.25) is 10.1 Å². The van der Waals surface area contributed by atoms with Crippen LogP contribution in [0.2, 0.25) is 0 Å². The number of hydrogen-bond acceptors (Lipinski definition) is 2. The van der Waals surface area contributed by atoms with Gasteiger partial charge in [-0.2, -0.15) is 13.2 Å². The van der Waals surface area contributed by atoms with Gasteiger partial charge in [0.15, 0.2) is 5.83 Å². The summed E-state index contributed by atoms with van der Waals surface area (Å²) < 4.78 is 65.7. The summed E-state index contributed by atoms with van der Waals surface area (Å²) in [5, 5.41) is 10.7. The highest BCUT2D eigenvalue weighted by Crippen LogP contribution is 2.44. The van der Waals surface area contributed by atoms with Crippen LogP contribution in [0.3, 0.4) is 0 Å². The van der Waals surface area contributed by atoms with Crippen LogP contribution in [0.15, 0.2) is 59.4 Å². The minimum atomic E-state index is -4.91. The van der Waals surface area contributed by atoms with E-state index >= 15 is 0 Å². The van der Waals surface area contributed by atoms with Gasteiger partial charge in [0.25, 0.3) is 5.70 Å². The number of halogens is 5. The van der Waals surface area contributed by atoms with Crippen LogP contribution in [0.1, 0.15) is 32.1 Å². The molecular formula is C18H18F5NO2. The molecule has 2 rings (SSSR count). The summed E-state index contributed by atoms with van der Waals surface area (Å²) in [6, 6.07) is 0. The Balaban J connectivity index is 2.15. The molecule has 2 unspecified atom stereocenters. The molecular weight excluding hydrogens is 357 g/mol. The molecule has 1 saturated carbocycles. The molecule has 0 aromatic heterocycles. The van der Waals surface area contributed by atoms with E-state index in [-0.39, 0.29) is 23.8 Å². The SMILES string of the molecule is C=C(/C=C(\C(=C)[N+](=O)[O-])C(F)(F)F)C1CCC(C2=CC(F)=C(F)CC2)C1. The second-order valence-electron chi connectivity index (χ2n) is 6.51. The molecule has 0 heterocycles. The van der Waals surface area contributed by atoms with Gasteiger partial charge in [0.1, 0.15) is 11.4 Å². The lowest BCUT2D eigenvalue weighted by Crippen LogP contribution is -2.18. The topological polar surface area (TPSA) is 43.1 Å². The van der Waals surface area contributed by atoms with Gasteiger partial charge in [-0.25, -0.2) is 8.78 Å². The van der Waals surface area contributed by atoms with Crippen molar-refractivity contribution in [1.29, 1.82) is 0 Å². The van der Waals surface area contributed by atoms with E-state index in [0.717, 1.165) is 5.57 Å². The van der Waals surface area contributed by atoms with Crippen LogP contribution < -0.4 is 0 Å². The van der Waals surface area contributed by atoms with Crippen molar-refractivity contribution in [2.24, 2.45) is 11.8 Å². The van der Waals surface area contributed by atoms with Crippen LogP contribution >= 0.6 is 0 Å². The predicted octanol–water partition coefficient (Wildman–Crippen LogP) is 6.11. The molecule has 26 heavy (non-hydrogen) atoms. The van der Waals surface area contributed by atoms with Gasteiger partial charge >= 0.3 is 6.18 Å². The van der Waals surface area contributed by atoms with Crippen molar-refractivity contribution >= 4 is 0 Å². The molecule has 2 atom stereocenters. The van der Waals surface area contributed by atoms with Crippen molar-refractivity contribution in [2.45, 2.75) is 38.3 Å². The molecule has 0 aliphatic heterocycles. The lowest BCUT2D eigenvalue weighted by Gasteiger charge is -2.19. The number of allylic oxidation sites excluding steroid dienone is 7. The fraction of sp³-hybridized carbons (Fsp3) is 0.444. The summed E-state index contributed by atoms with van der Waals surface area (Å²) in [5.41, 5.74) is -1.79. The van der Waals surface area contributed by atoms with Crippen LogP contribution in [0.25, 0.3) is 0 Å². The van der Waals surface area contributed by atoms with Crippen molar-refractivity contribution in [3.05, 3.63) is 69.5 Å². The Bertz CT molecular complexity index is 730. The number of nitro groups is 1. The minimum absolute atomic E-state index is 0.0133. The summed E-state index contributed by atoms with van der Waals surface area (Å²) >= 11 is 0. The Morgan fingerprint density at radius 3 is 2.42 bits per heavy atom. The quantitative estimate of drug-likeness (QED) is 0.252. The number of rotatable bonds is 5. The summed E-state index contributed by atoms with van der Waals surface area (Å²) in [7, 11) is 0. The van der Waals surface area contributed by atoms with Crippen LogP contribution in [-0.4, -0.2) is 11.1 Å². The summed E-state index contributed by atoms with van der Waals surface area (Å²) in [6.45, 7) is 6.52. The monoisotopic (exact) mass is 375 g/mol. The van der Waals surface area contributed by atoms with Gasteiger partial charge in [0.2, 0.25) is 0 Å². The first-order valence-electron chi connectivity index (χ1n) is 8.06. The molecule has 0 bridgehead atoms. The normalized spacial score (nSPS) is 24.5. The molecule has 142 valence electrons. The van der Waals surface area contributed by atoms with E-state index in [2.05, 4.69) is 13.2 Å². The van der Waals surface area contributed by atoms with Crippen molar-refractivity contribution in [3.8, 4) is 0 Å². The van der Waals surface area contributed by atoms with Gasteiger partial charge in [-0.05, 0) is 56.3 Å². The van der Waals surface area contributed by atoms with Crippen molar-refractivity contribution < 1.29 is 26.9 Å². The van der Waals surface area contributed by atoms with E-state index in [1.54, 1.807) is 0 Å². The third kappa shape index (κ3) is 4.47. The molecule has 0 amide bonds. The van der Waals surface area contributed by atoms with Gasteiger partial charge in [0.05, 0.1) is 4.92 Å². The maximum absolute atomic E-state index is 13.4. The molecule has 2 aliphatic carbocycles. The Morgan fingerprint density at radius 1 is 1.23 bits per heavy atom. The molecule has 1 fully saturated rings. The summed E-state index contributed by atoms with van der Waals surface area (Å²) in [4.78, 5) is 9.48. The second kappa shape index (κ2) is 7.55. The maximum Gasteiger partial charge on any atom is 0.422 e. The third-order valence-electron chi connectivity index (χ3n) is 4.85. The Labute approximate surface area is 147 Å². The first-order chi connectivity index (χ1) is 12.0. The standard InChI is InChI=1S/C18H18F5NO2/c1-10(7-15(18(21,22)23)11(2)24(25)26)12-3-4-13(8-12)14-5-6-16(19)17(20)9-14/h7,9,12-13H,1-6,8H2/b15-7+. The average molecular weight is 375 g/mol. The fourth-order valence-corrected chi connectivity index (χ4v) is 3.39. The van der Waals surface area contributed by atoms with Gasteiger partial charge in [0, 0.05) is 6.42 Å². The predicted molar refractivity (Wildman–Crippen MR) is 86.8 cm³/mol. The van der Waals surface area contributed by atoms with E-state index in [1.807, 2.05) is 0 Å². The number of alkyl halides is 3. The number of hydrogen-bond donors (Lipinski definition) is 0. The van der Waals surface area contributed by atoms with Crippen molar-refractivity contribution in [2.75, 3.05) is 0 Å². The van der Waals surface area contributed by atoms with E-state index in [1.165, 1.54) is 6.08 Å². The highest BCUT2D eigenvalue weighted by Gasteiger charge is 2.41. The Hall–Kier alpha value is -2.25. The van der Waals surface area contributed by atoms with Gasteiger partial charge in [-0.15, -0.1) is 0 Å². The third-order valence-corrected chi connectivity index (χ3v) is 4.85. The zero-order valence-corrected chi connectivity index (χ0v) is 13.9. The van der Waals surface area contributed by atoms with E-state index in [9.17, 15) is 32.1 Å². The molecule has 0 N–H and O–H groups in total. The smallest absolute Gasteiger partial charge is 0.258 e. The zero-order chi connectivity index (χ0) is 19.6. The molecule has 2 aliphatic rings. The molecule has 0 radical (unpaired) electrons. The Morgan fingerprint density at radius 2 is 1.88 bits per heavy atom. The zero-order valence-electron chi connectivity index (χ0n) is 13.9. The van der Waals surface area contributed by atoms with Gasteiger partial charge < -0.3 is 0 Å². The largest absolute Gasteiger partial charge is 0.422 e. The first-order valence-corrected chi connectivity index (χ1v) is 8.06. The molecule has 8 heteroatoms. The highest BCUT2D eigenvalue weighted by atomic mass is 19.4. The highest BCUT2D eigenvalue weighted by molar-refractivity contribution is 5.36. The van der Waals surface area contributed by atoms with Crippen LogP contribution in [0, 0.1) is 22.0 Å². The molecule has 3 nitrogen and oxygen atoms in total. The first kappa shape index (κ1) is 20.1. The van der Waals surface area contributed by atoms with Crippen LogP contribution in [0.5, 0.6) is 0 Å². The number of nitrogens with zero attached hydrogens (tertiary/aromatic N) is 1. The maximum atomic E-state index is 13.4. The molecule has 0 saturated heterocycles. The molecule has 0 aromatic rings. The van der Waals surface area contributed by atoms with Crippen molar-refractivity contribution in [1.82, 2.24) is 0 Å². The van der Waals surface area contributed by atoms with E-state index in [0.29, 0.717) is 31.8 Å². The Kier molecular flexibility index (Phi) is 5.83. The molecule has 0 aromatic carbocycles. The minimum Gasteiger partial charge on any atom is -0.258 e. The second-order valence-corrected chi connectivity index (χ2v) is 6.51. The lowest BCUT2D eigenvalue weighted by atomic mass is 9.88. The summed E-state index contributed by atoms with van der Waals surface area (Å²) in [5.74, 6) is -2.05. The van der Waals surface area contributed by atoms with Crippen molar-refractivity contribution in [3.63, 3.8) is 0 Å². The van der Waals surface area contributed by atoms with E-state index < -0.39 is 34.0 Å². The molecule has 0 spiro atoms. The van der Waals surface area contributed by atoms with Crippen LogP contribution in [0.4, 0.5) is 22.0 Å². The lowest BCUT2D eigenvalue weighted by molar-refractivity contribution is -0.423. The fourth-order valence-electron chi connectivity index (χ4n) is 3.39. The summed E-state index contributed by atoms with van der Waals surface area (Å²) in [6.07, 6.45) is -1.11. The van der Waals surface area contributed by atoms with Crippen LogP contribution in [-0.2, 0) is 0 Å². The van der Waals surface area contributed by atoms with E-state index in [4.69, 9.17) is 0 Å². The van der Waals surface area contributed by atoms with Gasteiger partial charge in [-0.1, -0.05) is 17.7 Å². The average Bonchev–Trinajstić information content (AvgIpc) is 3.03.